The van der Waals surface area contributed by atoms with Crippen LogP contribution in [0.15, 0.2) is 28.9 Å². The van der Waals surface area contributed by atoms with Crippen LogP contribution in [0.2, 0.25) is 5.02 Å². The minimum Gasteiger partial charge on any atom is -0.365 e. The Hall–Kier alpha value is -2.25. The minimum atomic E-state index is -3.78. The van der Waals surface area contributed by atoms with Crippen molar-refractivity contribution in [3.8, 4) is 0 Å². The number of nitrogens with two attached hydrogens (primary N) is 1. The Morgan fingerprint density at radius 2 is 2.19 bits per heavy atom. The summed E-state index contributed by atoms with van der Waals surface area (Å²) >= 11 is 5.89. The summed E-state index contributed by atoms with van der Waals surface area (Å²) in [6.45, 7) is 0.333. The Morgan fingerprint density at radius 1 is 1.44 bits per heavy atom. The van der Waals surface area contributed by atoms with Crippen LogP contribution in [0.25, 0.3) is 0 Å². The van der Waals surface area contributed by atoms with Gasteiger partial charge in [-0.25, -0.2) is 14.8 Å². The molecule has 0 unspecified atom stereocenters. The van der Waals surface area contributed by atoms with Gasteiger partial charge in [0.25, 0.3) is 10.2 Å². The first-order valence-corrected chi connectivity index (χ1v) is 9.83. The van der Waals surface area contributed by atoms with Gasteiger partial charge in [0.05, 0.1) is 5.69 Å². The lowest BCUT2D eigenvalue weighted by Gasteiger charge is -2.17. The molecule has 0 amide bonds. The lowest BCUT2D eigenvalue weighted by Crippen LogP contribution is -2.42. The Kier molecular flexibility index (Phi) is 5.35. The molecule has 11 nitrogen and oxygen atoms in total. The van der Waals surface area contributed by atoms with Crippen molar-refractivity contribution in [1.29, 1.82) is 5.41 Å². The van der Waals surface area contributed by atoms with Crippen LogP contribution in [0.1, 0.15) is 25.0 Å². The molecule has 2 aromatic rings. The first-order valence-electron chi connectivity index (χ1n) is 7.91. The molecule has 1 aromatic carbocycles. The molecule has 146 valence electrons. The van der Waals surface area contributed by atoms with Gasteiger partial charge in [0, 0.05) is 17.1 Å². The van der Waals surface area contributed by atoms with Gasteiger partial charge in [-0.05, 0) is 47.8 Å². The van der Waals surface area contributed by atoms with Crippen LogP contribution in [0.5, 0.6) is 0 Å². The third-order valence-corrected chi connectivity index (χ3v) is 5.04. The third-order valence-electron chi connectivity index (χ3n) is 4.09. The molecule has 0 radical (unpaired) electrons. The van der Waals surface area contributed by atoms with Crippen molar-refractivity contribution in [2.75, 3.05) is 16.9 Å². The largest absolute Gasteiger partial charge is 0.365 e. The number of halogens is 1. The van der Waals surface area contributed by atoms with Crippen LogP contribution < -0.4 is 20.2 Å². The molecule has 1 aliphatic carbocycles. The molecule has 0 spiro atoms. The van der Waals surface area contributed by atoms with Crippen LogP contribution in [0, 0.1) is 5.41 Å². The van der Waals surface area contributed by atoms with Gasteiger partial charge in [0.1, 0.15) is 0 Å². The van der Waals surface area contributed by atoms with Crippen LogP contribution in [-0.4, -0.2) is 41.9 Å². The van der Waals surface area contributed by atoms with Gasteiger partial charge >= 0.3 is 0 Å². The smallest absolute Gasteiger partial charge is 0.274 e. The van der Waals surface area contributed by atoms with Gasteiger partial charge in [-0.15, -0.1) is 0 Å². The second-order valence-electron chi connectivity index (χ2n) is 6.21. The molecule has 0 atom stereocenters. The van der Waals surface area contributed by atoms with E-state index in [0.717, 1.165) is 0 Å². The van der Waals surface area contributed by atoms with Gasteiger partial charge in [-0.3, -0.25) is 10.6 Å². The first kappa shape index (κ1) is 19.5. The summed E-state index contributed by atoms with van der Waals surface area (Å²) in [7, 11) is -3.78. The summed E-state index contributed by atoms with van der Waals surface area (Å²) in [5.74, 6) is -0.225. The summed E-state index contributed by atoms with van der Waals surface area (Å²) in [6, 6.07) is 6.31. The Morgan fingerprint density at radius 3 is 2.81 bits per heavy atom. The maximum absolute atomic E-state index is 11.2. The van der Waals surface area contributed by atoms with E-state index in [2.05, 4.69) is 25.0 Å². The number of hydrogen-bond acceptors (Lipinski definition) is 8. The Balaban J connectivity index is 1.63. The highest BCUT2D eigenvalue weighted by Crippen LogP contribution is 2.39. The Bertz CT molecular complexity index is 944. The topological polar surface area (TPSA) is 170 Å². The van der Waals surface area contributed by atoms with E-state index in [1.54, 1.807) is 18.2 Å². The van der Waals surface area contributed by atoms with Crippen molar-refractivity contribution < 1.29 is 18.3 Å². The van der Waals surface area contributed by atoms with Gasteiger partial charge in [0.15, 0.2) is 11.5 Å². The monoisotopic (exact) mass is 415 g/mol. The van der Waals surface area contributed by atoms with Crippen molar-refractivity contribution in [2.45, 2.75) is 24.8 Å². The molecule has 1 saturated carbocycles. The van der Waals surface area contributed by atoms with Crippen molar-refractivity contribution >= 4 is 39.2 Å². The number of hydrogen-bond donors (Lipinski definition) is 5. The fourth-order valence-electron chi connectivity index (χ4n) is 2.57. The summed E-state index contributed by atoms with van der Waals surface area (Å²) in [5, 5.41) is 34.6. The normalized spacial score (nSPS) is 15.4. The summed E-state index contributed by atoms with van der Waals surface area (Å²) in [4.78, 5) is 0. The first-order chi connectivity index (χ1) is 12.7. The maximum Gasteiger partial charge on any atom is 0.274 e. The molecule has 13 heteroatoms. The number of nitrogens with zero attached hydrogens (tertiary/aromatic N) is 3. The summed E-state index contributed by atoms with van der Waals surface area (Å²) in [5.41, 5.74) is -0.299. The van der Waals surface area contributed by atoms with E-state index in [-0.39, 0.29) is 23.0 Å². The molecular formula is C14H18ClN7O4S. The Labute approximate surface area is 160 Å². The average Bonchev–Trinajstić information content (AvgIpc) is 3.16. The van der Waals surface area contributed by atoms with Crippen molar-refractivity contribution in [3.63, 3.8) is 0 Å². The molecule has 1 aromatic heterocycles. The van der Waals surface area contributed by atoms with Crippen molar-refractivity contribution in [3.05, 3.63) is 35.0 Å². The van der Waals surface area contributed by atoms with Gasteiger partial charge in [-0.1, -0.05) is 17.7 Å². The van der Waals surface area contributed by atoms with Crippen molar-refractivity contribution in [1.82, 2.24) is 15.0 Å². The predicted octanol–water partition coefficient (Wildman–Crippen LogP) is 1.07. The number of aromatic nitrogens is 2. The molecule has 0 bridgehead atoms. The highest BCUT2D eigenvalue weighted by atomic mass is 35.5. The zero-order chi connectivity index (χ0) is 19.7. The number of hydroxylamine groups is 1. The standard InChI is InChI=1S/C14H18ClN7O4S/c15-9-2-1-3-10(8-9)22(23)12(16)11-13(20-26-19-11)18-7-6-14(4-5-14)21-27(17,24)25/h1-3,8,16,21,23H,4-7H2,(H,18,20)(H2,17,24,25). The highest BCUT2D eigenvalue weighted by Gasteiger charge is 2.44. The third kappa shape index (κ3) is 4.93. The van der Waals surface area contributed by atoms with Gasteiger partial charge < -0.3 is 5.32 Å². The van der Waals surface area contributed by atoms with E-state index in [0.29, 0.717) is 35.9 Å². The van der Waals surface area contributed by atoms with Crippen LogP contribution >= 0.6 is 11.6 Å². The molecule has 27 heavy (non-hydrogen) atoms. The van der Waals surface area contributed by atoms with E-state index < -0.39 is 15.7 Å². The number of nitrogens with one attached hydrogen (secondary N) is 3. The number of rotatable bonds is 8. The van der Waals surface area contributed by atoms with Gasteiger partial charge in [-0.2, -0.15) is 13.1 Å². The van der Waals surface area contributed by atoms with E-state index in [1.807, 2.05) is 0 Å². The fraction of sp³-hybridized carbons (Fsp3) is 0.357. The number of anilines is 2. The van der Waals surface area contributed by atoms with E-state index in [9.17, 15) is 13.6 Å². The van der Waals surface area contributed by atoms with E-state index in [1.165, 1.54) is 6.07 Å². The molecule has 1 fully saturated rings. The van der Waals surface area contributed by atoms with Crippen molar-refractivity contribution in [2.24, 2.45) is 5.14 Å². The minimum absolute atomic E-state index is 0.0123. The van der Waals surface area contributed by atoms with Crippen LogP contribution in [-0.2, 0) is 10.2 Å². The molecular weight excluding hydrogens is 398 g/mol. The summed E-state index contributed by atoms with van der Waals surface area (Å²) in [6.07, 6.45) is 1.83. The number of benzene rings is 1. The molecule has 1 aliphatic rings. The highest BCUT2D eigenvalue weighted by molar-refractivity contribution is 7.87. The molecule has 3 rings (SSSR count). The SMILES string of the molecule is N=C(c1nonc1NCCC1(NS(N)(=O)=O)CC1)N(O)c1cccc(Cl)c1. The zero-order valence-electron chi connectivity index (χ0n) is 14.0. The molecule has 1 heterocycles. The molecule has 0 saturated heterocycles. The average molecular weight is 416 g/mol. The van der Waals surface area contributed by atoms with E-state index in [4.69, 9.17) is 22.1 Å². The quantitative estimate of drug-likeness (QED) is 0.242. The second kappa shape index (κ2) is 7.40. The zero-order valence-corrected chi connectivity index (χ0v) is 15.6. The van der Waals surface area contributed by atoms with E-state index >= 15 is 0 Å². The van der Waals surface area contributed by atoms with Crippen LogP contribution in [0.4, 0.5) is 11.5 Å². The van der Waals surface area contributed by atoms with Gasteiger partial charge in [0.2, 0.25) is 5.82 Å². The lowest BCUT2D eigenvalue weighted by atomic mass is 10.2. The predicted molar refractivity (Wildman–Crippen MR) is 98.2 cm³/mol. The second-order valence-corrected chi connectivity index (χ2v) is 7.94. The summed E-state index contributed by atoms with van der Waals surface area (Å²) < 4.78 is 29.5. The molecule has 6 N–H and O–H groups in total. The molecule has 0 aliphatic heterocycles. The number of amidine groups is 1. The van der Waals surface area contributed by atoms with Crippen LogP contribution in [0.3, 0.4) is 0 Å². The maximum atomic E-state index is 11.2. The lowest BCUT2D eigenvalue weighted by molar-refractivity contribution is 0.300. The fourth-order valence-corrected chi connectivity index (χ4v) is 3.67.